The molecule has 0 saturated heterocycles. The first kappa shape index (κ1) is 18.3. The van der Waals surface area contributed by atoms with Gasteiger partial charge in [0, 0.05) is 11.8 Å². The third-order valence-corrected chi connectivity index (χ3v) is 5.52. The van der Waals surface area contributed by atoms with Crippen molar-refractivity contribution in [3.8, 4) is 0 Å². The Labute approximate surface area is 168 Å². The molecule has 0 nitrogen and oxygen atoms in total. The molecule has 0 amide bonds. The van der Waals surface area contributed by atoms with E-state index in [-0.39, 0.29) is 11.8 Å². The fourth-order valence-corrected chi connectivity index (χ4v) is 4.02. The fraction of sp³-hybridized carbons (Fsp3) is 0.143. The van der Waals surface area contributed by atoms with E-state index >= 15 is 0 Å². The molecule has 0 fully saturated rings. The quantitative estimate of drug-likeness (QED) is 0.350. The van der Waals surface area contributed by atoms with E-state index in [2.05, 4.69) is 123 Å². The standard InChI is InChI=1S/C28H26/c1-21-13-17-25(18-14-21)28(26-19-15-22(2)16-20-26)27(23-9-5-3-6-10-23)24-11-7-4-8-12-24/h3-20,27-28H,1-2H3. The zero-order chi connectivity index (χ0) is 19.3. The van der Waals surface area contributed by atoms with Crippen molar-refractivity contribution in [2.45, 2.75) is 25.7 Å². The maximum Gasteiger partial charge on any atom is 0.0199 e. The summed E-state index contributed by atoms with van der Waals surface area (Å²) >= 11 is 0. The molecular formula is C28H26. The lowest BCUT2D eigenvalue weighted by atomic mass is 9.73. The van der Waals surface area contributed by atoms with Crippen LogP contribution >= 0.6 is 0 Å². The highest BCUT2D eigenvalue weighted by Gasteiger charge is 2.27. The summed E-state index contributed by atoms with van der Waals surface area (Å²) in [6, 6.07) is 39.9. The molecule has 0 aliphatic carbocycles. The molecule has 0 aliphatic heterocycles. The molecular weight excluding hydrogens is 336 g/mol. The summed E-state index contributed by atoms with van der Waals surface area (Å²) in [5.41, 5.74) is 7.99. The second-order valence-corrected chi connectivity index (χ2v) is 7.60. The van der Waals surface area contributed by atoms with Crippen molar-refractivity contribution in [1.82, 2.24) is 0 Å². The second-order valence-electron chi connectivity index (χ2n) is 7.60. The van der Waals surface area contributed by atoms with Gasteiger partial charge in [0.05, 0.1) is 0 Å². The average Bonchev–Trinajstić information content (AvgIpc) is 2.75. The third kappa shape index (κ3) is 3.92. The van der Waals surface area contributed by atoms with Crippen LogP contribution in [0.3, 0.4) is 0 Å². The molecule has 0 saturated carbocycles. The first-order valence-corrected chi connectivity index (χ1v) is 9.95. The number of benzene rings is 4. The first-order valence-electron chi connectivity index (χ1n) is 9.95. The highest BCUT2D eigenvalue weighted by atomic mass is 14.3. The van der Waals surface area contributed by atoms with Gasteiger partial charge in [-0.3, -0.25) is 0 Å². The largest absolute Gasteiger partial charge is 0.0622 e. The minimum atomic E-state index is 0.256. The Balaban J connectivity index is 1.93. The van der Waals surface area contributed by atoms with Crippen LogP contribution in [0.2, 0.25) is 0 Å². The third-order valence-electron chi connectivity index (χ3n) is 5.52. The molecule has 28 heavy (non-hydrogen) atoms. The molecule has 138 valence electrons. The van der Waals surface area contributed by atoms with Crippen LogP contribution < -0.4 is 0 Å². The molecule has 0 heterocycles. The Morgan fingerprint density at radius 2 is 0.643 bits per heavy atom. The number of rotatable bonds is 5. The van der Waals surface area contributed by atoms with Gasteiger partial charge in [-0.05, 0) is 36.1 Å². The van der Waals surface area contributed by atoms with E-state index in [1.54, 1.807) is 0 Å². The van der Waals surface area contributed by atoms with Crippen molar-refractivity contribution in [1.29, 1.82) is 0 Å². The van der Waals surface area contributed by atoms with Crippen molar-refractivity contribution < 1.29 is 0 Å². The maximum absolute atomic E-state index is 2.29. The lowest BCUT2D eigenvalue weighted by Crippen LogP contribution is -2.14. The van der Waals surface area contributed by atoms with E-state index in [9.17, 15) is 0 Å². The van der Waals surface area contributed by atoms with Gasteiger partial charge in [0.15, 0.2) is 0 Å². The van der Waals surface area contributed by atoms with Crippen LogP contribution in [-0.2, 0) is 0 Å². The summed E-state index contributed by atoms with van der Waals surface area (Å²) in [6.45, 7) is 4.30. The lowest BCUT2D eigenvalue weighted by molar-refractivity contribution is 0.693. The molecule has 0 unspecified atom stereocenters. The number of hydrogen-bond donors (Lipinski definition) is 0. The van der Waals surface area contributed by atoms with Gasteiger partial charge >= 0.3 is 0 Å². The molecule has 0 aliphatic rings. The molecule has 0 heteroatoms. The van der Waals surface area contributed by atoms with Crippen LogP contribution in [0.1, 0.15) is 45.2 Å². The van der Waals surface area contributed by atoms with E-state index < -0.39 is 0 Å². The maximum atomic E-state index is 2.29. The van der Waals surface area contributed by atoms with E-state index in [1.807, 2.05) is 0 Å². The Hall–Kier alpha value is -3.12. The van der Waals surface area contributed by atoms with Gasteiger partial charge in [-0.15, -0.1) is 0 Å². The lowest BCUT2D eigenvalue weighted by Gasteiger charge is -2.29. The Morgan fingerprint density at radius 1 is 0.357 bits per heavy atom. The number of aryl methyl sites for hydroxylation is 2. The first-order chi connectivity index (χ1) is 13.7. The van der Waals surface area contributed by atoms with Gasteiger partial charge in [0.25, 0.3) is 0 Å². The topological polar surface area (TPSA) is 0 Å². The molecule has 0 N–H and O–H groups in total. The van der Waals surface area contributed by atoms with E-state index in [4.69, 9.17) is 0 Å². The summed E-state index contributed by atoms with van der Waals surface area (Å²) in [7, 11) is 0. The Morgan fingerprint density at radius 3 is 0.964 bits per heavy atom. The summed E-state index contributed by atoms with van der Waals surface area (Å²) in [5.74, 6) is 0.513. The zero-order valence-electron chi connectivity index (χ0n) is 16.5. The van der Waals surface area contributed by atoms with E-state index in [0.29, 0.717) is 0 Å². The highest BCUT2D eigenvalue weighted by Crippen LogP contribution is 2.42. The van der Waals surface area contributed by atoms with Crippen LogP contribution in [0.25, 0.3) is 0 Å². The Kier molecular flexibility index (Phi) is 5.39. The summed E-state index contributed by atoms with van der Waals surface area (Å²) in [6.07, 6.45) is 0. The average molecular weight is 363 g/mol. The van der Waals surface area contributed by atoms with Crippen LogP contribution in [0.4, 0.5) is 0 Å². The van der Waals surface area contributed by atoms with Gasteiger partial charge in [-0.25, -0.2) is 0 Å². The van der Waals surface area contributed by atoms with Crippen LogP contribution in [-0.4, -0.2) is 0 Å². The van der Waals surface area contributed by atoms with Crippen LogP contribution in [0.5, 0.6) is 0 Å². The van der Waals surface area contributed by atoms with Crippen molar-refractivity contribution in [2.24, 2.45) is 0 Å². The van der Waals surface area contributed by atoms with E-state index in [0.717, 1.165) is 0 Å². The second kappa shape index (κ2) is 8.27. The zero-order valence-corrected chi connectivity index (χ0v) is 16.5. The van der Waals surface area contributed by atoms with Gasteiger partial charge in [0.1, 0.15) is 0 Å². The predicted molar refractivity (Wildman–Crippen MR) is 119 cm³/mol. The molecule has 4 aromatic rings. The van der Waals surface area contributed by atoms with Gasteiger partial charge in [-0.1, -0.05) is 120 Å². The highest BCUT2D eigenvalue weighted by molar-refractivity contribution is 5.45. The monoisotopic (exact) mass is 362 g/mol. The molecule has 4 rings (SSSR count). The van der Waals surface area contributed by atoms with Gasteiger partial charge in [0.2, 0.25) is 0 Å². The molecule has 0 spiro atoms. The van der Waals surface area contributed by atoms with Crippen molar-refractivity contribution in [3.05, 3.63) is 143 Å². The normalized spacial score (nSPS) is 11.1. The fourth-order valence-electron chi connectivity index (χ4n) is 4.02. The molecule has 0 atom stereocenters. The molecule has 4 aromatic carbocycles. The predicted octanol–water partition coefficient (Wildman–Crippen LogP) is 7.27. The summed E-state index contributed by atoms with van der Waals surface area (Å²) < 4.78 is 0. The van der Waals surface area contributed by atoms with Crippen molar-refractivity contribution in [3.63, 3.8) is 0 Å². The minimum absolute atomic E-state index is 0.256. The molecule has 0 radical (unpaired) electrons. The molecule has 0 bridgehead atoms. The van der Waals surface area contributed by atoms with E-state index in [1.165, 1.54) is 33.4 Å². The van der Waals surface area contributed by atoms with Crippen LogP contribution in [0, 0.1) is 13.8 Å². The summed E-state index contributed by atoms with van der Waals surface area (Å²) in [5, 5.41) is 0. The Bertz CT molecular complexity index is 912. The van der Waals surface area contributed by atoms with Crippen molar-refractivity contribution >= 4 is 0 Å². The number of hydrogen-bond acceptors (Lipinski definition) is 0. The smallest absolute Gasteiger partial charge is 0.0199 e. The summed E-state index contributed by atoms with van der Waals surface area (Å²) in [4.78, 5) is 0. The van der Waals surface area contributed by atoms with Gasteiger partial charge < -0.3 is 0 Å². The SMILES string of the molecule is Cc1ccc(C(c2ccc(C)cc2)C(c2ccccc2)c2ccccc2)cc1. The van der Waals surface area contributed by atoms with Crippen molar-refractivity contribution in [2.75, 3.05) is 0 Å². The van der Waals surface area contributed by atoms with Gasteiger partial charge in [-0.2, -0.15) is 0 Å². The van der Waals surface area contributed by atoms with Crippen LogP contribution in [0.15, 0.2) is 109 Å². The molecule has 0 aromatic heterocycles. The minimum Gasteiger partial charge on any atom is -0.0622 e.